The first-order valence-electron chi connectivity index (χ1n) is 6.64. The lowest BCUT2D eigenvalue weighted by atomic mass is 9.85. The highest BCUT2D eigenvalue weighted by molar-refractivity contribution is 5.74. The molecular weight excluding hydrogens is 231 g/mol. The van der Waals surface area contributed by atoms with Crippen molar-refractivity contribution in [1.29, 1.82) is 0 Å². The van der Waals surface area contributed by atoms with Gasteiger partial charge >= 0.3 is 0 Å². The Balaban J connectivity index is 2.02. The fourth-order valence-corrected chi connectivity index (χ4v) is 2.59. The molecule has 18 heavy (non-hydrogen) atoms. The Labute approximate surface area is 107 Å². The Morgan fingerprint density at radius 3 is 2.94 bits per heavy atom. The first-order chi connectivity index (χ1) is 8.72. The number of carbonyl (C=O) groups excluding carboxylic acids is 1. The molecule has 2 unspecified atom stereocenters. The monoisotopic (exact) mass is 250 g/mol. The van der Waals surface area contributed by atoms with Crippen LogP contribution < -0.4 is 4.74 Å². The van der Waals surface area contributed by atoms with Gasteiger partial charge in [0.15, 0.2) is 11.6 Å². The number of aldehydes is 1. The lowest BCUT2D eigenvalue weighted by Gasteiger charge is -2.29. The molecule has 2 nitrogen and oxygen atoms in total. The van der Waals surface area contributed by atoms with Crippen molar-refractivity contribution in [1.82, 2.24) is 0 Å². The number of hydrogen-bond donors (Lipinski definition) is 0. The van der Waals surface area contributed by atoms with Gasteiger partial charge in [-0.3, -0.25) is 4.79 Å². The molecule has 0 aromatic heterocycles. The zero-order chi connectivity index (χ0) is 13.0. The van der Waals surface area contributed by atoms with Crippen LogP contribution in [0.15, 0.2) is 18.2 Å². The van der Waals surface area contributed by atoms with Gasteiger partial charge in [-0.1, -0.05) is 19.8 Å². The van der Waals surface area contributed by atoms with Crippen LogP contribution >= 0.6 is 0 Å². The van der Waals surface area contributed by atoms with Gasteiger partial charge in [-0.2, -0.15) is 0 Å². The summed E-state index contributed by atoms with van der Waals surface area (Å²) in [6.07, 6.45) is 6.31. The number of benzene rings is 1. The normalized spacial score (nSPS) is 23.7. The quantitative estimate of drug-likeness (QED) is 0.755. The summed E-state index contributed by atoms with van der Waals surface area (Å²) in [6.45, 7) is 2.19. The van der Waals surface area contributed by atoms with Gasteiger partial charge in [0.05, 0.1) is 6.10 Å². The largest absolute Gasteiger partial charge is 0.487 e. The second-order valence-electron chi connectivity index (χ2n) is 4.99. The average molecular weight is 250 g/mol. The van der Waals surface area contributed by atoms with E-state index in [9.17, 15) is 9.18 Å². The van der Waals surface area contributed by atoms with Crippen LogP contribution in [0.3, 0.4) is 0 Å². The molecule has 1 aromatic carbocycles. The molecule has 0 N–H and O–H groups in total. The molecular formula is C15H19FO2. The number of hydrogen-bond acceptors (Lipinski definition) is 2. The maximum atomic E-state index is 13.7. The van der Waals surface area contributed by atoms with E-state index in [0.717, 1.165) is 25.7 Å². The van der Waals surface area contributed by atoms with Crippen LogP contribution in [0.4, 0.5) is 4.39 Å². The minimum Gasteiger partial charge on any atom is -0.487 e. The van der Waals surface area contributed by atoms with Crippen molar-refractivity contribution in [2.45, 2.75) is 45.1 Å². The molecule has 2 rings (SSSR count). The lowest BCUT2D eigenvalue weighted by molar-refractivity contribution is 0.112. The van der Waals surface area contributed by atoms with E-state index in [2.05, 4.69) is 6.92 Å². The van der Waals surface area contributed by atoms with Gasteiger partial charge in [0.25, 0.3) is 0 Å². The van der Waals surface area contributed by atoms with Crippen molar-refractivity contribution in [2.75, 3.05) is 0 Å². The third-order valence-electron chi connectivity index (χ3n) is 3.70. The second-order valence-corrected chi connectivity index (χ2v) is 4.99. The summed E-state index contributed by atoms with van der Waals surface area (Å²) in [7, 11) is 0. The molecule has 1 aromatic rings. The number of rotatable bonds is 4. The van der Waals surface area contributed by atoms with Crippen molar-refractivity contribution in [3.05, 3.63) is 29.6 Å². The Morgan fingerprint density at radius 2 is 2.28 bits per heavy atom. The van der Waals surface area contributed by atoms with Gasteiger partial charge in [-0.05, 0) is 43.4 Å². The molecule has 0 amide bonds. The Hall–Kier alpha value is -1.38. The van der Waals surface area contributed by atoms with Gasteiger partial charge in [-0.15, -0.1) is 0 Å². The van der Waals surface area contributed by atoms with E-state index in [1.54, 1.807) is 12.1 Å². The Kier molecular flexibility index (Phi) is 4.34. The zero-order valence-electron chi connectivity index (χ0n) is 10.7. The summed E-state index contributed by atoms with van der Waals surface area (Å²) in [5.74, 6) is 0.515. The SMILES string of the molecule is CCC1CCCC(Oc2ccc(C=O)cc2F)C1. The van der Waals surface area contributed by atoms with E-state index in [-0.39, 0.29) is 11.9 Å². The van der Waals surface area contributed by atoms with Crippen molar-refractivity contribution in [2.24, 2.45) is 5.92 Å². The Morgan fingerprint density at radius 1 is 1.44 bits per heavy atom. The summed E-state index contributed by atoms with van der Waals surface area (Å²) in [5, 5.41) is 0. The molecule has 0 radical (unpaired) electrons. The molecule has 1 saturated carbocycles. The topological polar surface area (TPSA) is 26.3 Å². The molecule has 0 saturated heterocycles. The van der Waals surface area contributed by atoms with Gasteiger partial charge in [0.2, 0.25) is 0 Å². The van der Waals surface area contributed by atoms with E-state index in [0.29, 0.717) is 17.8 Å². The molecule has 98 valence electrons. The molecule has 1 aliphatic carbocycles. The van der Waals surface area contributed by atoms with Crippen molar-refractivity contribution in [3.63, 3.8) is 0 Å². The first kappa shape index (κ1) is 13.1. The lowest BCUT2D eigenvalue weighted by Crippen LogP contribution is -2.25. The van der Waals surface area contributed by atoms with Crippen molar-refractivity contribution >= 4 is 6.29 Å². The minimum atomic E-state index is -0.446. The van der Waals surface area contributed by atoms with Crippen LogP contribution in [0.5, 0.6) is 5.75 Å². The number of halogens is 1. The van der Waals surface area contributed by atoms with Gasteiger partial charge in [-0.25, -0.2) is 4.39 Å². The standard InChI is InChI=1S/C15H19FO2/c1-2-11-4-3-5-13(8-11)18-15-7-6-12(10-17)9-14(15)16/h6-7,9-11,13H,2-5,8H2,1H3. The minimum absolute atomic E-state index is 0.111. The molecule has 0 heterocycles. The van der Waals surface area contributed by atoms with E-state index in [1.807, 2.05) is 0 Å². The van der Waals surface area contributed by atoms with Crippen LogP contribution in [0, 0.1) is 11.7 Å². The van der Waals surface area contributed by atoms with E-state index in [1.165, 1.54) is 12.5 Å². The van der Waals surface area contributed by atoms with Crippen LogP contribution in [0.25, 0.3) is 0 Å². The van der Waals surface area contributed by atoms with E-state index < -0.39 is 5.82 Å². The summed E-state index contributed by atoms with van der Waals surface area (Å²) < 4.78 is 19.4. The Bertz CT molecular complexity index is 417. The van der Waals surface area contributed by atoms with Crippen LogP contribution in [-0.4, -0.2) is 12.4 Å². The first-order valence-corrected chi connectivity index (χ1v) is 6.64. The molecule has 1 aliphatic rings. The highest BCUT2D eigenvalue weighted by atomic mass is 19.1. The maximum absolute atomic E-state index is 13.7. The number of ether oxygens (including phenoxy) is 1. The summed E-state index contributed by atoms with van der Waals surface area (Å²) in [5.41, 5.74) is 0.343. The van der Waals surface area contributed by atoms with Gasteiger partial charge in [0, 0.05) is 5.56 Å². The molecule has 1 fully saturated rings. The zero-order valence-corrected chi connectivity index (χ0v) is 10.7. The summed E-state index contributed by atoms with van der Waals surface area (Å²) >= 11 is 0. The fourth-order valence-electron chi connectivity index (χ4n) is 2.59. The second kappa shape index (κ2) is 5.98. The van der Waals surface area contributed by atoms with Crippen molar-refractivity contribution < 1.29 is 13.9 Å². The van der Waals surface area contributed by atoms with Gasteiger partial charge < -0.3 is 4.74 Å². The highest BCUT2D eigenvalue weighted by Crippen LogP contribution is 2.30. The highest BCUT2D eigenvalue weighted by Gasteiger charge is 2.22. The smallest absolute Gasteiger partial charge is 0.165 e. The predicted octanol–water partition coefficient (Wildman–Crippen LogP) is 3.99. The van der Waals surface area contributed by atoms with E-state index in [4.69, 9.17) is 4.74 Å². The van der Waals surface area contributed by atoms with Crippen molar-refractivity contribution in [3.8, 4) is 5.75 Å². The third-order valence-corrected chi connectivity index (χ3v) is 3.70. The average Bonchev–Trinajstić information content (AvgIpc) is 2.41. The predicted molar refractivity (Wildman–Crippen MR) is 68.5 cm³/mol. The molecule has 0 spiro atoms. The summed E-state index contributed by atoms with van der Waals surface area (Å²) in [4.78, 5) is 10.5. The van der Waals surface area contributed by atoms with Crippen LogP contribution in [0.1, 0.15) is 49.4 Å². The van der Waals surface area contributed by atoms with E-state index >= 15 is 0 Å². The van der Waals surface area contributed by atoms with Crippen LogP contribution in [-0.2, 0) is 0 Å². The molecule has 0 bridgehead atoms. The molecule has 0 aliphatic heterocycles. The summed E-state index contributed by atoms with van der Waals surface area (Å²) in [6, 6.07) is 4.36. The van der Waals surface area contributed by atoms with Gasteiger partial charge in [0.1, 0.15) is 6.29 Å². The molecule has 3 heteroatoms. The number of carbonyl (C=O) groups is 1. The van der Waals surface area contributed by atoms with Crippen LogP contribution in [0.2, 0.25) is 0 Å². The fraction of sp³-hybridized carbons (Fsp3) is 0.533. The maximum Gasteiger partial charge on any atom is 0.165 e. The molecule has 2 atom stereocenters. The third kappa shape index (κ3) is 3.09.